The Kier molecular flexibility index (Phi) is 9.05. The molecule has 0 fully saturated rings. The molecule has 13 nitrogen and oxygen atoms in total. The summed E-state index contributed by atoms with van der Waals surface area (Å²) in [4.78, 5) is 83.1. The Morgan fingerprint density at radius 3 is 1.72 bits per heavy atom. The standard InChI is InChI=1S/C19H24N2O11/c1-9(22)20-7-15(21(10(2)23)19(20)28)17(31-13(5)26)18(32-14(6)27)16(30-12(4)25)8-29-11(3)24/h7,16-18H,8H2,1-6H3/t16-,17+,18-/m1/s1. The Hall–Kier alpha value is -3.77. The quantitative estimate of drug-likeness (QED) is 0.381. The number of rotatable bonds is 8. The van der Waals surface area contributed by atoms with Gasteiger partial charge in [0.25, 0.3) is 0 Å². The van der Waals surface area contributed by atoms with Gasteiger partial charge in [0.15, 0.2) is 18.3 Å². The highest BCUT2D eigenvalue weighted by Gasteiger charge is 2.42. The van der Waals surface area contributed by atoms with Gasteiger partial charge in [-0.3, -0.25) is 28.8 Å². The van der Waals surface area contributed by atoms with E-state index in [-0.39, 0.29) is 5.69 Å². The molecule has 0 aliphatic heterocycles. The third kappa shape index (κ3) is 6.89. The Bertz CT molecular complexity index is 988. The number of aromatic nitrogens is 2. The fourth-order valence-corrected chi connectivity index (χ4v) is 2.81. The van der Waals surface area contributed by atoms with Crippen LogP contribution in [0.15, 0.2) is 11.0 Å². The van der Waals surface area contributed by atoms with E-state index in [9.17, 15) is 33.6 Å². The maximum Gasteiger partial charge on any atom is 0.342 e. The van der Waals surface area contributed by atoms with Crippen molar-refractivity contribution in [3.8, 4) is 0 Å². The number of imidazole rings is 1. The topological polar surface area (TPSA) is 166 Å². The summed E-state index contributed by atoms with van der Waals surface area (Å²) in [7, 11) is 0. The summed E-state index contributed by atoms with van der Waals surface area (Å²) < 4.78 is 21.5. The van der Waals surface area contributed by atoms with Gasteiger partial charge in [0.05, 0.1) is 5.69 Å². The highest BCUT2D eigenvalue weighted by molar-refractivity contribution is 5.80. The molecule has 3 atom stereocenters. The van der Waals surface area contributed by atoms with E-state index in [0.717, 1.165) is 47.7 Å². The Balaban J connectivity index is 3.77. The van der Waals surface area contributed by atoms with Gasteiger partial charge in [-0.1, -0.05) is 0 Å². The van der Waals surface area contributed by atoms with Gasteiger partial charge >= 0.3 is 29.6 Å². The number of nitrogens with zero attached hydrogens (tertiary/aromatic N) is 2. The monoisotopic (exact) mass is 456 g/mol. The maximum absolute atomic E-state index is 12.6. The van der Waals surface area contributed by atoms with E-state index in [0.29, 0.717) is 9.13 Å². The number of carbonyl (C=O) groups excluding carboxylic acids is 6. The lowest BCUT2D eigenvalue weighted by molar-refractivity contribution is -0.190. The molecular formula is C19H24N2O11. The zero-order valence-corrected chi connectivity index (χ0v) is 18.4. The van der Waals surface area contributed by atoms with Crippen molar-refractivity contribution in [1.82, 2.24) is 9.13 Å². The minimum absolute atomic E-state index is 0.334. The summed E-state index contributed by atoms with van der Waals surface area (Å²) in [6.07, 6.45) is -3.92. The first-order valence-electron chi connectivity index (χ1n) is 9.27. The fourth-order valence-electron chi connectivity index (χ4n) is 2.81. The smallest absolute Gasteiger partial charge is 0.342 e. The van der Waals surface area contributed by atoms with Crippen LogP contribution in [0, 0.1) is 0 Å². The molecule has 1 heterocycles. The van der Waals surface area contributed by atoms with Crippen molar-refractivity contribution in [2.24, 2.45) is 0 Å². The van der Waals surface area contributed by atoms with Crippen molar-refractivity contribution in [3.05, 3.63) is 22.4 Å². The minimum atomic E-state index is -1.70. The molecule has 0 N–H and O–H groups in total. The SMILES string of the molecule is CC(=O)OC[C@@H](OC(C)=O)[C@@H](OC(C)=O)[C@@H](OC(C)=O)c1cn(C(C)=O)c(=O)n1C(C)=O. The normalized spacial score (nSPS) is 13.3. The number of ether oxygens (including phenoxy) is 4. The van der Waals surface area contributed by atoms with Crippen LogP contribution in [0.4, 0.5) is 0 Å². The van der Waals surface area contributed by atoms with Gasteiger partial charge in [0.2, 0.25) is 11.8 Å². The van der Waals surface area contributed by atoms with Gasteiger partial charge in [-0.05, 0) is 0 Å². The van der Waals surface area contributed by atoms with Crippen LogP contribution in [0.3, 0.4) is 0 Å². The van der Waals surface area contributed by atoms with Crippen LogP contribution >= 0.6 is 0 Å². The first-order valence-corrected chi connectivity index (χ1v) is 9.27. The lowest BCUT2D eigenvalue weighted by atomic mass is 10.0. The molecule has 0 aromatic carbocycles. The minimum Gasteiger partial charge on any atom is -0.462 e. The molecular weight excluding hydrogens is 432 g/mol. The molecule has 0 radical (unpaired) electrons. The lowest BCUT2D eigenvalue weighted by Gasteiger charge is -2.31. The van der Waals surface area contributed by atoms with Gasteiger partial charge in [0.1, 0.15) is 6.61 Å². The molecule has 1 aromatic heterocycles. The average Bonchev–Trinajstić information content (AvgIpc) is 2.98. The van der Waals surface area contributed by atoms with E-state index < -0.39 is 66.3 Å². The zero-order valence-electron chi connectivity index (χ0n) is 18.4. The van der Waals surface area contributed by atoms with E-state index in [1.165, 1.54) is 0 Å². The second-order valence-electron chi connectivity index (χ2n) is 6.63. The second-order valence-corrected chi connectivity index (χ2v) is 6.63. The van der Waals surface area contributed by atoms with Crippen molar-refractivity contribution in [2.45, 2.75) is 59.9 Å². The molecule has 13 heteroatoms. The van der Waals surface area contributed by atoms with E-state index in [2.05, 4.69) is 0 Å². The lowest BCUT2D eigenvalue weighted by Crippen LogP contribution is -2.44. The molecule has 0 saturated heterocycles. The molecule has 0 bridgehead atoms. The predicted molar refractivity (Wildman–Crippen MR) is 104 cm³/mol. The third-order valence-corrected chi connectivity index (χ3v) is 3.89. The van der Waals surface area contributed by atoms with Crippen LogP contribution in [0.1, 0.15) is 62.9 Å². The Morgan fingerprint density at radius 1 is 0.781 bits per heavy atom. The van der Waals surface area contributed by atoms with Crippen LogP contribution in [0.5, 0.6) is 0 Å². The molecule has 0 spiro atoms. The Morgan fingerprint density at radius 2 is 1.31 bits per heavy atom. The number of esters is 4. The molecule has 176 valence electrons. The van der Waals surface area contributed by atoms with Gasteiger partial charge in [-0.2, -0.15) is 0 Å². The summed E-state index contributed by atoms with van der Waals surface area (Å²) in [5.41, 5.74) is -1.39. The molecule has 1 aromatic rings. The van der Waals surface area contributed by atoms with Crippen LogP contribution in [0.2, 0.25) is 0 Å². The van der Waals surface area contributed by atoms with E-state index >= 15 is 0 Å². The molecule has 1 rings (SSSR count). The summed E-state index contributed by atoms with van der Waals surface area (Å²) in [6, 6.07) is 0. The largest absolute Gasteiger partial charge is 0.462 e. The summed E-state index contributed by atoms with van der Waals surface area (Å²) in [5.74, 6) is -5.03. The van der Waals surface area contributed by atoms with Crippen LogP contribution < -0.4 is 5.69 Å². The average molecular weight is 456 g/mol. The molecule has 0 saturated carbocycles. The van der Waals surface area contributed by atoms with E-state index in [1.807, 2.05) is 0 Å². The highest BCUT2D eigenvalue weighted by atomic mass is 16.6. The first kappa shape index (κ1) is 26.3. The highest BCUT2D eigenvalue weighted by Crippen LogP contribution is 2.28. The van der Waals surface area contributed by atoms with Crippen molar-refractivity contribution in [2.75, 3.05) is 6.61 Å². The number of carbonyl (C=O) groups is 6. The molecule has 0 aliphatic rings. The van der Waals surface area contributed by atoms with E-state index in [1.54, 1.807) is 0 Å². The van der Waals surface area contributed by atoms with Gasteiger partial charge in [-0.25, -0.2) is 13.9 Å². The van der Waals surface area contributed by atoms with Gasteiger partial charge in [0, 0.05) is 47.7 Å². The van der Waals surface area contributed by atoms with Crippen molar-refractivity contribution in [3.63, 3.8) is 0 Å². The number of hydrogen-bond donors (Lipinski definition) is 0. The maximum atomic E-state index is 12.6. The summed E-state index contributed by atoms with van der Waals surface area (Å²) in [5, 5.41) is 0. The fraction of sp³-hybridized carbons (Fsp3) is 0.526. The van der Waals surface area contributed by atoms with Crippen molar-refractivity contribution >= 4 is 35.7 Å². The second kappa shape index (κ2) is 11.0. The zero-order chi connectivity index (χ0) is 24.7. The molecule has 0 amide bonds. The Labute approximate surface area is 182 Å². The molecule has 32 heavy (non-hydrogen) atoms. The predicted octanol–water partition coefficient (Wildman–Crippen LogP) is 0.000700. The van der Waals surface area contributed by atoms with E-state index in [4.69, 9.17) is 18.9 Å². The van der Waals surface area contributed by atoms with Crippen molar-refractivity contribution < 1.29 is 47.7 Å². The van der Waals surface area contributed by atoms with Crippen molar-refractivity contribution in [1.29, 1.82) is 0 Å². The molecule has 0 unspecified atom stereocenters. The molecule has 0 aliphatic carbocycles. The van der Waals surface area contributed by atoms with Gasteiger partial charge < -0.3 is 18.9 Å². The van der Waals surface area contributed by atoms with Gasteiger partial charge in [-0.15, -0.1) is 0 Å². The van der Waals surface area contributed by atoms with Crippen LogP contribution in [0.25, 0.3) is 0 Å². The first-order chi connectivity index (χ1) is 14.8. The van der Waals surface area contributed by atoms with Crippen LogP contribution in [-0.4, -0.2) is 63.6 Å². The summed E-state index contributed by atoms with van der Waals surface area (Å²) >= 11 is 0. The number of hydrogen-bond acceptors (Lipinski definition) is 11. The summed E-state index contributed by atoms with van der Waals surface area (Å²) in [6.45, 7) is 5.59. The third-order valence-electron chi connectivity index (χ3n) is 3.89. The van der Waals surface area contributed by atoms with Crippen LogP contribution in [-0.2, 0) is 38.1 Å².